The Morgan fingerprint density at radius 2 is 0.891 bits per heavy atom. The molecule has 1 aliphatic heterocycles. The molecule has 2 aromatic heterocycles. The number of rotatable bonds is 5. The number of hydrogen-bond donors (Lipinski definition) is 0. The number of benzene rings is 8. The number of para-hydroxylation sites is 2. The Labute approximate surface area is 342 Å². The molecule has 0 fully saturated rings. The van der Waals surface area contributed by atoms with Crippen molar-refractivity contribution in [3.8, 4) is 0 Å². The number of halogens is 2. The molecule has 0 spiro atoms. The summed E-state index contributed by atoms with van der Waals surface area (Å²) in [7, 11) is 0. The van der Waals surface area contributed by atoms with Crippen LogP contribution in [0.1, 0.15) is 27.8 Å². The first-order valence-electron chi connectivity index (χ1n) is 18.4. The van der Waals surface area contributed by atoms with Crippen LogP contribution < -0.4 is 26.1 Å². The van der Waals surface area contributed by atoms with E-state index in [2.05, 4.69) is 186 Å². The fraction of sp³-hybridized carbons (Fsp3) is 0.0400. The van der Waals surface area contributed by atoms with Gasteiger partial charge in [-0.3, -0.25) is 0 Å². The van der Waals surface area contributed by atoms with E-state index in [-0.39, 0.29) is 21.2 Å². The predicted octanol–water partition coefficient (Wildman–Crippen LogP) is 10.7. The monoisotopic (exact) mass is 932 g/mol. The van der Waals surface area contributed by atoms with Gasteiger partial charge in [0.15, 0.2) is 0 Å². The average molecular weight is 933 g/mol. The number of fused-ring (bicyclic) bond motifs is 8. The summed E-state index contributed by atoms with van der Waals surface area (Å²) in [6, 6.07) is 64.0. The molecule has 0 saturated carbocycles. The zero-order chi connectivity index (χ0) is 36.7. The Bertz CT molecular complexity index is 2960. The standard InChI is InChI=1S/C50H32I2NO2/c1-31-12-2-5-15-39(31)50(41-16-6-8-18-44(41)52-45-19-9-7-17-42(45)50)40-27-24-32(28-43(40)51)53(33-22-25-37-35-13-3-10-20-46(35)54-48(37)29-33)34-23-26-38-36-14-4-11-21-47(36)55-49(38)30-34/h2-30H,1H3/q-1. The quantitative estimate of drug-likeness (QED) is 0.161. The second kappa shape index (κ2) is 12.9. The fourth-order valence-electron chi connectivity index (χ4n) is 8.77. The molecule has 1 aliphatic rings. The molecule has 3 nitrogen and oxygen atoms in total. The Hall–Kier alpha value is -5.38. The van der Waals surface area contributed by atoms with Crippen LogP contribution in [0.3, 0.4) is 0 Å². The molecule has 0 unspecified atom stereocenters. The second-order valence-corrected chi connectivity index (χ2v) is 18.2. The van der Waals surface area contributed by atoms with Crippen molar-refractivity contribution in [3.63, 3.8) is 0 Å². The van der Waals surface area contributed by atoms with Gasteiger partial charge >= 0.3 is 275 Å². The summed E-state index contributed by atoms with van der Waals surface area (Å²) in [6.45, 7) is 2.26. The fourth-order valence-corrected chi connectivity index (χ4v) is 12.8. The second-order valence-electron chi connectivity index (χ2n) is 14.2. The molecule has 5 heteroatoms. The van der Waals surface area contributed by atoms with E-state index >= 15 is 0 Å². The van der Waals surface area contributed by atoms with Gasteiger partial charge in [0, 0.05) is 10.8 Å². The van der Waals surface area contributed by atoms with Crippen LogP contribution in [0.2, 0.25) is 0 Å². The van der Waals surface area contributed by atoms with Crippen LogP contribution in [0.4, 0.5) is 17.1 Å². The normalized spacial score (nSPS) is 13.5. The Balaban J connectivity index is 1.15. The van der Waals surface area contributed by atoms with Gasteiger partial charge in [0.2, 0.25) is 0 Å². The van der Waals surface area contributed by atoms with Gasteiger partial charge in [-0.2, -0.15) is 0 Å². The molecule has 8 aromatic carbocycles. The zero-order valence-electron chi connectivity index (χ0n) is 29.8. The SMILES string of the molecule is Cc1ccccc1C1(c2ccc(N(c3ccc4c(c3)oc3ccccc34)c3ccc4c(c3)oc3ccccc34)cc2I)c2ccccc2[I-]c2ccccc21. The topological polar surface area (TPSA) is 29.5 Å². The van der Waals surface area contributed by atoms with Crippen molar-refractivity contribution >= 4 is 83.5 Å². The molecule has 0 bridgehead atoms. The number of furan rings is 2. The van der Waals surface area contributed by atoms with E-state index in [1.54, 1.807) is 0 Å². The zero-order valence-corrected chi connectivity index (χ0v) is 34.1. The summed E-state index contributed by atoms with van der Waals surface area (Å²) in [5, 5.41) is 4.45. The first kappa shape index (κ1) is 33.0. The van der Waals surface area contributed by atoms with Gasteiger partial charge < -0.3 is 0 Å². The summed E-state index contributed by atoms with van der Waals surface area (Å²) < 4.78 is 17.0. The molecule has 0 saturated heterocycles. The predicted molar refractivity (Wildman–Crippen MR) is 229 cm³/mol. The minimum atomic E-state index is -0.475. The van der Waals surface area contributed by atoms with Crippen LogP contribution in [0.15, 0.2) is 185 Å². The van der Waals surface area contributed by atoms with E-state index in [0.29, 0.717) is 0 Å². The maximum atomic E-state index is 6.44. The minimum absolute atomic E-state index is 0.341. The molecule has 0 radical (unpaired) electrons. The number of hydrogen-bond acceptors (Lipinski definition) is 3. The molecular formula is C50H32I2NO2-. The molecule has 0 amide bonds. The molecule has 264 valence electrons. The van der Waals surface area contributed by atoms with Crippen molar-refractivity contribution in [2.75, 3.05) is 4.90 Å². The van der Waals surface area contributed by atoms with Crippen molar-refractivity contribution in [1.29, 1.82) is 0 Å². The Morgan fingerprint density at radius 1 is 0.436 bits per heavy atom. The molecule has 3 heterocycles. The molecule has 0 aliphatic carbocycles. The molecule has 11 rings (SSSR count). The van der Waals surface area contributed by atoms with E-state index in [0.717, 1.165) is 60.9 Å². The molecule has 55 heavy (non-hydrogen) atoms. The summed E-state index contributed by atoms with van der Waals surface area (Å²) >= 11 is 2.26. The van der Waals surface area contributed by atoms with Crippen LogP contribution >= 0.6 is 22.6 Å². The van der Waals surface area contributed by atoms with Gasteiger partial charge in [-0.05, 0) is 12.1 Å². The van der Waals surface area contributed by atoms with Gasteiger partial charge in [-0.25, -0.2) is 0 Å². The Morgan fingerprint density at radius 3 is 1.45 bits per heavy atom. The van der Waals surface area contributed by atoms with Gasteiger partial charge in [-0.15, -0.1) is 0 Å². The van der Waals surface area contributed by atoms with Gasteiger partial charge in [0.1, 0.15) is 11.2 Å². The third kappa shape index (κ3) is 5.05. The van der Waals surface area contributed by atoms with Crippen molar-refractivity contribution in [2.24, 2.45) is 0 Å². The van der Waals surface area contributed by atoms with Crippen LogP contribution in [0.25, 0.3) is 43.9 Å². The van der Waals surface area contributed by atoms with Crippen LogP contribution in [-0.4, -0.2) is 0 Å². The average Bonchev–Trinajstić information content (AvgIpc) is 3.78. The summed E-state index contributed by atoms with van der Waals surface area (Å²) in [5.41, 5.74) is 12.8. The third-order valence-corrected chi connectivity index (χ3v) is 15.1. The van der Waals surface area contributed by atoms with E-state index < -0.39 is 5.41 Å². The van der Waals surface area contributed by atoms with Gasteiger partial charge in [-0.1, -0.05) is 36.4 Å². The molecular weight excluding hydrogens is 900 g/mol. The first-order chi connectivity index (χ1) is 27.1. The van der Waals surface area contributed by atoms with Crippen molar-refractivity contribution in [3.05, 3.63) is 214 Å². The van der Waals surface area contributed by atoms with Crippen molar-refractivity contribution in [1.82, 2.24) is 0 Å². The maximum absolute atomic E-state index is 6.44. The van der Waals surface area contributed by atoms with Gasteiger partial charge in [0.25, 0.3) is 0 Å². The molecule has 0 atom stereocenters. The van der Waals surface area contributed by atoms with Gasteiger partial charge in [0.05, 0.1) is 0 Å². The van der Waals surface area contributed by atoms with Crippen molar-refractivity contribution in [2.45, 2.75) is 12.3 Å². The van der Waals surface area contributed by atoms with Crippen molar-refractivity contribution < 1.29 is 30.0 Å². The van der Waals surface area contributed by atoms with E-state index in [9.17, 15) is 0 Å². The van der Waals surface area contributed by atoms with E-state index in [1.807, 2.05) is 24.3 Å². The Kier molecular flexibility index (Phi) is 7.71. The van der Waals surface area contributed by atoms with E-state index in [1.165, 1.54) is 38.5 Å². The first-order valence-corrected chi connectivity index (χ1v) is 21.6. The van der Waals surface area contributed by atoms with E-state index in [4.69, 9.17) is 8.83 Å². The number of nitrogens with zero attached hydrogens (tertiary/aromatic N) is 1. The third-order valence-electron chi connectivity index (χ3n) is 11.2. The number of aryl methyl sites for hydroxylation is 1. The molecule has 10 aromatic rings. The summed E-state index contributed by atoms with van der Waals surface area (Å²) in [6.07, 6.45) is 0. The van der Waals surface area contributed by atoms with Crippen LogP contribution in [0, 0.1) is 17.6 Å². The number of anilines is 3. The summed E-state index contributed by atoms with van der Waals surface area (Å²) in [5.74, 6) is 0. The molecule has 0 N–H and O–H groups in total. The van der Waals surface area contributed by atoms with Crippen LogP contribution in [-0.2, 0) is 5.41 Å². The summed E-state index contributed by atoms with van der Waals surface area (Å²) in [4.78, 5) is 2.33. The van der Waals surface area contributed by atoms with Crippen LogP contribution in [0.5, 0.6) is 0 Å².